The number of rotatable bonds is 6. The van der Waals surface area contributed by atoms with Crippen molar-refractivity contribution >= 4 is 11.8 Å². The van der Waals surface area contributed by atoms with E-state index in [1.54, 1.807) is 24.3 Å². The fourth-order valence-corrected chi connectivity index (χ4v) is 1.73. The van der Waals surface area contributed by atoms with Crippen molar-refractivity contribution in [1.29, 1.82) is 5.26 Å². The van der Waals surface area contributed by atoms with Crippen LogP contribution in [0.4, 0.5) is 5.82 Å². The zero-order valence-corrected chi connectivity index (χ0v) is 12.1. The van der Waals surface area contributed by atoms with Crippen LogP contribution in [0, 0.1) is 11.3 Å². The lowest BCUT2D eigenvalue weighted by molar-refractivity contribution is -0.142. The number of aromatic nitrogens is 1. The molecule has 0 aliphatic carbocycles. The molecule has 0 saturated heterocycles. The molecule has 0 spiro atoms. The highest BCUT2D eigenvalue weighted by Crippen LogP contribution is 2.15. The largest absolute Gasteiger partial charge is 0.482 e. The van der Waals surface area contributed by atoms with Crippen LogP contribution >= 0.6 is 0 Å². The van der Waals surface area contributed by atoms with Crippen LogP contribution in [0.5, 0.6) is 5.75 Å². The maximum atomic E-state index is 11.0. The molecule has 112 valence electrons. The van der Waals surface area contributed by atoms with Crippen LogP contribution in [0.3, 0.4) is 0 Å². The van der Waals surface area contributed by atoms with Crippen LogP contribution in [0.15, 0.2) is 42.5 Å². The lowest BCUT2D eigenvalue weighted by Gasteiger charge is -2.08. The number of nitrogens with zero attached hydrogens (tertiary/aromatic N) is 2. The number of ether oxygens (including phenoxy) is 2. The molecule has 0 amide bonds. The van der Waals surface area contributed by atoms with Crippen molar-refractivity contribution in [3.05, 3.63) is 53.7 Å². The molecular weight excluding hydrogens is 282 g/mol. The van der Waals surface area contributed by atoms with Crippen molar-refractivity contribution in [3.8, 4) is 11.8 Å². The van der Waals surface area contributed by atoms with Gasteiger partial charge in [0.05, 0.1) is 7.11 Å². The van der Waals surface area contributed by atoms with E-state index in [-0.39, 0.29) is 6.61 Å². The van der Waals surface area contributed by atoms with E-state index in [0.29, 0.717) is 23.8 Å². The standard InChI is InChI=1S/C16H15N3O3/c1-21-16(20)11-22-14-6-2-4-12(8-14)10-18-15-7-3-5-13(9-17)19-15/h2-8H,10-11H2,1H3,(H,18,19). The molecule has 2 rings (SSSR count). The van der Waals surface area contributed by atoms with Gasteiger partial charge in [-0.2, -0.15) is 5.26 Å². The van der Waals surface area contributed by atoms with Crippen molar-refractivity contribution in [2.45, 2.75) is 6.54 Å². The van der Waals surface area contributed by atoms with Gasteiger partial charge >= 0.3 is 5.97 Å². The lowest BCUT2D eigenvalue weighted by atomic mass is 10.2. The Bertz CT molecular complexity index is 695. The second-order valence-electron chi connectivity index (χ2n) is 4.39. The fraction of sp³-hybridized carbons (Fsp3) is 0.188. The van der Waals surface area contributed by atoms with Gasteiger partial charge in [0, 0.05) is 6.54 Å². The molecular formula is C16H15N3O3. The normalized spacial score (nSPS) is 9.64. The second kappa shape index (κ2) is 7.64. The Kier molecular flexibility index (Phi) is 5.32. The van der Waals surface area contributed by atoms with Gasteiger partial charge in [0.25, 0.3) is 0 Å². The molecule has 0 bridgehead atoms. The van der Waals surface area contributed by atoms with Crippen molar-refractivity contribution in [3.63, 3.8) is 0 Å². The first-order valence-corrected chi connectivity index (χ1v) is 6.61. The molecule has 0 saturated carbocycles. The SMILES string of the molecule is COC(=O)COc1cccc(CNc2cccc(C#N)n2)c1. The molecule has 22 heavy (non-hydrogen) atoms. The third-order valence-corrected chi connectivity index (χ3v) is 2.82. The Morgan fingerprint density at radius 1 is 1.32 bits per heavy atom. The number of esters is 1. The van der Waals surface area contributed by atoms with E-state index in [4.69, 9.17) is 10.00 Å². The smallest absolute Gasteiger partial charge is 0.343 e. The molecule has 1 aromatic carbocycles. The molecule has 1 heterocycles. The summed E-state index contributed by atoms with van der Waals surface area (Å²) in [5.74, 6) is 0.782. The molecule has 1 aromatic heterocycles. The molecule has 0 fully saturated rings. The number of hydrogen-bond acceptors (Lipinski definition) is 6. The zero-order chi connectivity index (χ0) is 15.8. The van der Waals surface area contributed by atoms with E-state index in [0.717, 1.165) is 5.56 Å². The number of benzene rings is 1. The minimum atomic E-state index is -0.430. The predicted molar refractivity (Wildman–Crippen MR) is 80.2 cm³/mol. The Labute approximate surface area is 128 Å². The van der Waals surface area contributed by atoms with Gasteiger partial charge in [0.15, 0.2) is 6.61 Å². The highest BCUT2D eigenvalue weighted by atomic mass is 16.6. The maximum Gasteiger partial charge on any atom is 0.343 e. The van der Waals surface area contributed by atoms with Crippen LogP contribution in [0.1, 0.15) is 11.3 Å². The van der Waals surface area contributed by atoms with Crippen LogP contribution in [0.25, 0.3) is 0 Å². The van der Waals surface area contributed by atoms with Gasteiger partial charge in [-0.1, -0.05) is 18.2 Å². The third kappa shape index (κ3) is 4.49. The highest BCUT2D eigenvalue weighted by Gasteiger charge is 2.03. The number of nitrogens with one attached hydrogen (secondary N) is 1. The maximum absolute atomic E-state index is 11.0. The van der Waals surface area contributed by atoms with Crippen LogP contribution < -0.4 is 10.1 Å². The molecule has 0 aliphatic heterocycles. The molecule has 0 atom stereocenters. The summed E-state index contributed by atoms with van der Waals surface area (Å²) >= 11 is 0. The summed E-state index contributed by atoms with van der Waals surface area (Å²) in [6.45, 7) is 0.399. The summed E-state index contributed by atoms with van der Waals surface area (Å²) in [5, 5.41) is 11.9. The highest BCUT2D eigenvalue weighted by molar-refractivity contribution is 5.70. The van der Waals surface area contributed by atoms with E-state index in [2.05, 4.69) is 15.0 Å². The van der Waals surface area contributed by atoms with Gasteiger partial charge in [-0.25, -0.2) is 9.78 Å². The molecule has 0 unspecified atom stereocenters. The first kappa shape index (κ1) is 15.3. The fourth-order valence-electron chi connectivity index (χ4n) is 1.73. The van der Waals surface area contributed by atoms with Crippen molar-refractivity contribution in [1.82, 2.24) is 4.98 Å². The van der Waals surface area contributed by atoms with Gasteiger partial charge in [-0.15, -0.1) is 0 Å². The lowest BCUT2D eigenvalue weighted by Crippen LogP contribution is -2.12. The minimum absolute atomic E-state index is 0.126. The molecule has 1 N–H and O–H groups in total. The summed E-state index contributed by atoms with van der Waals surface area (Å²) in [4.78, 5) is 15.2. The zero-order valence-electron chi connectivity index (χ0n) is 12.1. The number of methoxy groups -OCH3 is 1. The van der Waals surface area contributed by atoms with Gasteiger partial charge in [0.1, 0.15) is 23.3 Å². The molecule has 6 nitrogen and oxygen atoms in total. The van der Waals surface area contributed by atoms with Gasteiger partial charge in [0.2, 0.25) is 0 Å². The van der Waals surface area contributed by atoms with E-state index < -0.39 is 5.97 Å². The van der Waals surface area contributed by atoms with Crippen molar-refractivity contribution < 1.29 is 14.3 Å². The first-order chi connectivity index (χ1) is 10.7. The Morgan fingerprint density at radius 3 is 2.91 bits per heavy atom. The second-order valence-corrected chi connectivity index (χ2v) is 4.39. The van der Waals surface area contributed by atoms with E-state index >= 15 is 0 Å². The van der Waals surface area contributed by atoms with Crippen LogP contribution in [-0.4, -0.2) is 24.7 Å². The Morgan fingerprint density at radius 2 is 2.14 bits per heavy atom. The van der Waals surface area contributed by atoms with Gasteiger partial charge in [-0.3, -0.25) is 0 Å². The van der Waals surface area contributed by atoms with Crippen LogP contribution in [0.2, 0.25) is 0 Å². The number of carbonyl (C=O) groups excluding carboxylic acids is 1. The molecule has 0 aliphatic rings. The summed E-state index contributed by atoms with van der Waals surface area (Å²) in [6.07, 6.45) is 0. The molecule has 2 aromatic rings. The van der Waals surface area contributed by atoms with E-state index in [1.807, 2.05) is 24.3 Å². The number of carbonyl (C=O) groups is 1. The van der Waals surface area contributed by atoms with E-state index in [9.17, 15) is 4.79 Å². The van der Waals surface area contributed by atoms with E-state index in [1.165, 1.54) is 7.11 Å². The average molecular weight is 297 g/mol. The Hall–Kier alpha value is -3.07. The number of pyridine rings is 1. The quantitative estimate of drug-likeness (QED) is 0.822. The summed E-state index contributed by atoms with van der Waals surface area (Å²) in [7, 11) is 1.31. The first-order valence-electron chi connectivity index (χ1n) is 6.61. The number of anilines is 1. The summed E-state index contributed by atoms with van der Waals surface area (Å²) < 4.78 is 9.85. The summed E-state index contributed by atoms with van der Waals surface area (Å²) in [5.41, 5.74) is 1.33. The van der Waals surface area contributed by atoms with Crippen LogP contribution in [-0.2, 0) is 16.1 Å². The van der Waals surface area contributed by atoms with Crippen molar-refractivity contribution in [2.24, 2.45) is 0 Å². The molecule has 6 heteroatoms. The average Bonchev–Trinajstić information content (AvgIpc) is 2.58. The number of hydrogen-bond donors (Lipinski definition) is 1. The third-order valence-electron chi connectivity index (χ3n) is 2.82. The van der Waals surface area contributed by atoms with Gasteiger partial charge < -0.3 is 14.8 Å². The summed E-state index contributed by atoms with van der Waals surface area (Å²) in [6, 6.07) is 14.5. The minimum Gasteiger partial charge on any atom is -0.482 e. The predicted octanol–water partition coefficient (Wildman–Crippen LogP) is 2.12. The van der Waals surface area contributed by atoms with Gasteiger partial charge in [-0.05, 0) is 29.8 Å². The topological polar surface area (TPSA) is 84.2 Å². The Balaban J connectivity index is 1.95. The monoisotopic (exact) mass is 297 g/mol. The van der Waals surface area contributed by atoms with Crippen molar-refractivity contribution in [2.75, 3.05) is 19.0 Å². The number of nitriles is 1. The molecule has 0 radical (unpaired) electrons.